The molecule has 1 aromatic rings. The molecule has 2 nitrogen and oxygen atoms in total. The first-order valence-electron chi connectivity index (χ1n) is 7.22. The Morgan fingerprint density at radius 1 is 1.10 bits per heavy atom. The van der Waals surface area contributed by atoms with Crippen LogP contribution in [0.4, 0.5) is 0 Å². The van der Waals surface area contributed by atoms with Gasteiger partial charge in [0.1, 0.15) is 6.29 Å². The largest absolute Gasteiger partial charge is 0.298 e. The molecular formula is C18H20O2. The second kappa shape index (κ2) is 4.15. The molecule has 0 spiro atoms. The molecule has 104 valence electrons. The fraction of sp³-hybridized carbons (Fsp3) is 0.444. The highest BCUT2D eigenvalue weighted by molar-refractivity contribution is 6.07. The fourth-order valence-corrected chi connectivity index (χ4v) is 3.94. The quantitative estimate of drug-likeness (QED) is 0.602. The highest BCUT2D eigenvalue weighted by Gasteiger charge is 2.63. The molecule has 2 atom stereocenters. The van der Waals surface area contributed by atoms with Crippen molar-refractivity contribution in [2.24, 2.45) is 16.7 Å². The third-order valence-corrected chi connectivity index (χ3v) is 5.76. The van der Waals surface area contributed by atoms with Crippen molar-refractivity contribution in [3.05, 3.63) is 41.0 Å². The zero-order valence-corrected chi connectivity index (χ0v) is 12.3. The Kier molecular flexibility index (Phi) is 2.75. The molecule has 2 aliphatic carbocycles. The first-order chi connectivity index (χ1) is 9.40. The predicted molar refractivity (Wildman–Crippen MR) is 79.4 cm³/mol. The topological polar surface area (TPSA) is 34.1 Å². The number of hydrogen-bond donors (Lipinski definition) is 0. The highest BCUT2D eigenvalue weighted by atomic mass is 16.1. The molecule has 0 amide bonds. The van der Waals surface area contributed by atoms with Crippen LogP contribution < -0.4 is 0 Å². The van der Waals surface area contributed by atoms with Gasteiger partial charge < -0.3 is 0 Å². The summed E-state index contributed by atoms with van der Waals surface area (Å²) in [6.07, 6.45) is 4.97. The SMILES string of the molecule is CC12CCC(/C(=C\c3ccc(C=O)cc3)C1=O)C2(C)C. The molecule has 2 aliphatic rings. The molecule has 0 heterocycles. The van der Waals surface area contributed by atoms with Gasteiger partial charge in [-0.2, -0.15) is 0 Å². The van der Waals surface area contributed by atoms with Crippen molar-refractivity contribution in [1.82, 2.24) is 0 Å². The summed E-state index contributed by atoms with van der Waals surface area (Å²) < 4.78 is 0. The van der Waals surface area contributed by atoms with Crippen molar-refractivity contribution in [3.63, 3.8) is 0 Å². The van der Waals surface area contributed by atoms with Gasteiger partial charge in [0.25, 0.3) is 0 Å². The van der Waals surface area contributed by atoms with Crippen LogP contribution in [0.2, 0.25) is 0 Å². The third kappa shape index (κ3) is 1.57. The molecule has 1 aromatic carbocycles. The summed E-state index contributed by atoms with van der Waals surface area (Å²) in [6, 6.07) is 7.41. The van der Waals surface area contributed by atoms with Crippen LogP contribution in [0.25, 0.3) is 6.08 Å². The molecule has 20 heavy (non-hydrogen) atoms. The monoisotopic (exact) mass is 268 g/mol. The van der Waals surface area contributed by atoms with Gasteiger partial charge in [-0.3, -0.25) is 9.59 Å². The maximum Gasteiger partial charge on any atom is 0.165 e. The van der Waals surface area contributed by atoms with Crippen LogP contribution >= 0.6 is 0 Å². The van der Waals surface area contributed by atoms with E-state index < -0.39 is 0 Å². The number of carbonyl (C=O) groups is 2. The van der Waals surface area contributed by atoms with Gasteiger partial charge >= 0.3 is 0 Å². The average Bonchev–Trinajstić information content (AvgIpc) is 2.74. The van der Waals surface area contributed by atoms with Crippen molar-refractivity contribution < 1.29 is 9.59 Å². The molecule has 0 aliphatic heterocycles. The Bertz CT molecular complexity index is 607. The summed E-state index contributed by atoms with van der Waals surface area (Å²) in [5.41, 5.74) is 2.50. The molecule has 2 heteroatoms. The van der Waals surface area contributed by atoms with E-state index in [1.807, 2.05) is 18.2 Å². The van der Waals surface area contributed by atoms with E-state index in [4.69, 9.17) is 0 Å². The maximum atomic E-state index is 12.7. The van der Waals surface area contributed by atoms with Crippen LogP contribution in [0.15, 0.2) is 29.8 Å². The summed E-state index contributed by atoms with van der Waals surface area (Å²) in [5.74, 6) is 0.684. The fourth-order valence-electron chi connectivity index (χ4n) is 3.94. The standard InChI is InChI=1S/C18H20O2/c1-17(2)15-8-9-18(17,3)16(20)14(15)10-12-4-6-13(11-19)7-5-12/h4-7,10-11,15H,8-9H2,1-3H3/b14-10+. The minimum Gasteiger partial charge on any atom is -0.298 e. The Morgan fingerprint density at radius 3 is 2.20 bits per heavy atom. The number of aldehydes is 1. The van der Waals surface area contributed by atoms with Crippen molar-refractivity contribution in [2.75, 3.05) is 0 Å². The molecule has 0 saturated heterocycles. The third-order valence-electron chi connectivity index (χ3n) is 5.76. The molecule has 0 N–H and O–H groups in total. The van der Waals surface area contributed by atoms with Gasteiger partial charge in [-0.25, -0.2) is 0 Å². The van der Waals surface area contributed by atoms with Crippen molar-refractivity contribution in [3.8, 4) is 0 Å². The Balaban J connectivity index is 2.01. The number of rotatable bonds is 2. The van der Waals surface area contributed by atoms with E-state index in [0.717, 1.165) is 30.3 Å². The lowest BCUT2D eigenvalue weighted by molar-refractivity contribution is -0.125. The number of carbonyl (C=O) groups excluding carboxylic acids is 2. The smallest absolute Gasteiger partial charge is 0.165 e. The van der Waals surface area contributed by atoms with E-state index in [0.29, 0.717) is 17.3 Å². The van der Waals surface area contributed by atoms with Crippen LogP contribution in [0.1, 0.15) is 49.5 Å². The minimum absolute atomic E-state index is 0.0542. The first-order valence-corrected chi connectivity index (χ1v) is 7.22. The summed E-state index contributed by atoms with van der Waals surface area (Å²) in [6.45, 7) is 6.56. The number of hydrogen-bond acceptors (Lipinski definition) is 2. The van der Waals surface area contributed by atoms with Gasteiger partial charge in [-0.1, -0.05) is 45.0 Å². The van der Waals surface area contributed by atoms with Crippen LogP contribution in [0, 0.1) is 16.7 Å². The Hall–Kier alpha value is -1.70. The van der Waals surface area contributed by atoms with E-state index in [2.05, 4.69) is 20.8 Å². The summed E-state index contributed by atoms with van der Waals surface area (Å²) in [4.78, 5) is 23.4. The van der Waals surface area contributed by atoms with E-state index >= 15 is 0 Å². The molecule has 2 fully saturated rings. The van der Waals surface area contributed by atoms with Gasteiger partial charge in [0, 0.05) is 11.0 Å². The molecular weight excluding hydrogens is 248 g/mol. The number of benzene rings is 1. The molecule has 3 rings (SSSR count). The van der Waals surface area contributed by atoms with E-state index in [1.54, 1.807) is 12.1 Å². The first kappa shape index (κ1) is 13.3. The van der Waals surface area contributed by atoms with E-state index in [1.165, 1.54) is 0 Å². The number of allylic oxidation sites excluding steroid dienone is 1. The van der Waals surface area contributed by atoms with Gasteiger partial charge in [-0.15, -0.1) is 0 Å². The lowest BCUT2D eigenvalue weighted by Gasteiger charge is -2.31. The zero-order chi connectivity index (χ0) is 14.5. The second-order valence-electron chi connectivity index (χ2n) is 6.86. The van der Waals surface area contributed by atoms with Crippen molar-refractivity contribution >= 4 is 18.1 Å². The maximum absolute atomic E-state index is 12.7. The van der Waals surface area contributed by atoms with Gasteiger partial charge in [0.05, 0.1) is 0 Å². The lowest BCUT2D eigenvalue weighted by Crippen LogP contribution is -2.32. The minimum atomic E-state index is -0.202. The van der Waals surface area contributed by atoms with Crippen LogP contribution in [0.5, 0.6) is 0 Å². The van der Waals surface area contributed by atoms with Crippen LogP contribution in [-0.4, -0.2) is 12.1 Å². The van der Waals surface area contributed by atoms with Crippen LogP contribution in [-0.2, 0) is 4.79 Å². The van der Waals surface area contributed by atoms with Crippen LogP contribution in [0.3, 0.4) is 0 Å². The normalized spacial score (nSPS) is 32.9. The molecule has 0 aromatic heterocycles. The zero-order valence-electron chi connectivity index (χ0n) is 12.3. The van der Waals surface area contributed by atoms with Gasteiger partial charge in [0.2, 0.25) is 0 Å². The van der Waals surface area contributed by atoms with Gasteiger partial charge in [0.15, 0.2) is 5.78 Å². The summed E-state index contributed by atoms with van der Waals surface area (Å²) in [7, 11) is 0. The highest BCUT2D eigenvalue weighted by Crippen LogP contribution is 2.65. The van der Waals surface area contributed by atoms with Gasteiger partial charge in [-0.05, 0) is 41.4 Å². The lowest BCUT2D eigenvalue weighted by atomic mass is 9.70. The summed E-state index contributed by atoms with van der Waals surface area (Å²) >= 11 is 0. The molecule has 2 bridgehead atoms. The average molecular weight is 268 g/mol. The number of fused-ring (bicyclic) bond motifs is 2. The summed E-state index contributed by atoms with van der Waals surface area (Å²) in [5, 5.41) is 0. The molecule has 2 saturated carbocycles. The molecule has 0 radical (unpaired) electrons. The van der Waals surface area contributed by atoms with E-state index in [9.17, 15) is 9.59 Å². The Labute approximate surface area is 119 Å². The number of Topliss-reactive ketones (excluding diaryl/α,β-unsaturated/α-hetero) is 1. The Morgan fingerprint density at radius 2 is 1.70 bits per heavy atom. The predicted octanol–water partition coefficient (Wildman–Crippen LogP) is 3.91. The van der Waals surface area contributed by atoms with E-state index in [-0.39, 0.29) is 10.8 Å². The van der Waals surface area contributed by atoms with Crippen molar-refractivity contribution in [1.29, 1.82) is 0 Å². The second-order valence-corrected chi connectivity index (χ2v) is 6.86. The van der Waals surface area contributed by atoms with Crippen molar-refractivity contribution in [2.45, 2.75) is 33.6 Å². The molecule has 2 unspecified atom stereocenters. The number of ketones is 1.